The van der Waals surface area contributed by atoms with E-state index >= 15 is 0 Å². The third-order valence-electron chi connectivity index (χ3n) is 1.26. The Balaban J connectivity index is 3.01. The number of methoxy groups -OCH3 is 1. The van der Waals surface area contributed by atoms with Gasteiger partial charge in [-0.25, -0.2) is 0 Å². The number of ether oxygens (including phenoxy) is 1. The molecule has 0 amide bonds. The molecule has 0 saturated carbocycles. The van der Waals surface area contributed by atoms with Gasteiger partial charge in [0.25, 0.3) is 0 Å². The summed E-state index contributed by atoms with van der Waals surface area (Å²) in [5.74, 6) is 0.160. The van der Waals surface area contributed by atoms with Crippen molar-refractivity contribution in [1.82, 2.24) is 0 Å². The average molecular weight is 202 g/mol. The van der Waals surface area contributed by atoms with Gasteiger partial charge in [0.05, 0.1) is 0 Å². The quantitative estimate of drug-likeness (QED) is 0.612. The van der Waals surface area contributed by atoms with Crippen molar-refractivity contribution in [2.45, 2.75) is 24.8 Å². The molecule has 5 heteroatoms. The maximum Gasteiger partial charge on any atom is 0.441 e. The van der Waals surface area contributed by atoms with Crippen molar-refractivity contribution in [3.63, 3.8) is 0 Å². The van der Waals surface area contributed by atoms with E-state index in [4.69, 9.17) is 4.74 Å². The largest absolute Gasteiger partial charge is 0.441 e. The Morgan fingerprint density at radius 1 is 1.17 bits per heavy atom. The van der Waals surface area contributed by atoms with Gasteiger partial charge in [-0.1, -0.05) is 18.2 Å². The van der Waals surface area contributed by atoms with Crippen LogP contribution in [0, 0.1) is 0 Å². The van der Waals surface area contributed by atoms with Crippen molar-refractivity contribution >= 4 is 11.8 Å². The molecule has 0 aliphatic rings. The van der Waals surface area contributed by atoms with E-state index < -0.39 is 5.51 Å². The number of hydrogen-bond acceptors (Lipinski definition) is 2. The van der Waals surface area contributed by atoms with Gasteiger partial charge in [0.1, 0.15) is 0 Å². The second kappa shape index (κ2) is 6.60. The van der Waals surface area contributed by atoms with Crippen LogP contribution in [0.1, 0.15) is 19.3 Å². The van der Waals surface area contributed by atoms with Gasteiger partial charge in [-0.15, -0.1) is 0 Å². The SMILES string of the molecule is COCCCCCSC(F)(F)F. The standard InChI is InChI=1S/C7H13F3OS/c1-11-5-3-2-4-6-12-7(8,9)10/h2-6H2,1H3. The predicted octanol–water partition coefficient (Wildman–Crippen LogP) is 3.06. The molecule has 0 aromatic carbocycles. The third-order valence-corrected chi connectivity index (χ3v) is 2.08. The number of thioether (sulfide) groups is 1. The van der Waals surface area contributed by atoms with Crippen LogP contribution in [0.5, 0.6) is 0 Å². The molecular formula is C7H13F3OS. The molecule has 0 spiro atoms. The highest BCUT2D eigenvalue weighted by Crippen LogP contribution is 2.30. The molecule has 0 aliphatic carbocycles. The second-order valence-electron chi connectivity index (χ2n) is 2.35. The van der Waals surface area contributed by atoms with Gasteiger partial charge < -0.3 is 4.74 Å². The van der Waals surface area contributed by atoms with Crippen LogP contribution in [-0.2, 0) is 4.74 Å². The topological polar surface area (TPSA) is 9.23 Å². The molecule has 0 atom stereocenters. The monoisotopic (exact) mass is 202 g/mol. The zero-order valence-corrected chi connectivity index (χ0v) is 7.80. The first-order valence-electron chi connectivity index (χ1n) is 3.76. The summed E-state index contributed by atoms with van der Waals surface area (Å²) in [5, 5.41) is 0. The van der Waals surface area contributed by atoms with E-state index in [1.54, 1.807) is 7.11 Å². The zero-order valence-electron chi connectivity index (χ0n) is 6.99. The Kier molecular flexibility index (Phi) is 6.65. The first kappa shape index (κ1) is 12.1. The van der Waals surface area contributed by atoms with Crippen molar-refractivity contribution in [3.8, 4) is 0 Å². The Bertz CT molecular complexity index is 105. The van der Waals surface area contributed by atoms with Crippen molar-refractivity contribution in [1.29, 1.82) is 0 Å². The molecule has 0 aromatic rings. The van der Waals surface area contributed by atoms with Gasteiger partial charge in [-0.3, -0.25) is 0 Å². The van der Waals surface area contributed by atoms with E-state index in [0.29, 0.717) is 13.0 Å². The molecule has 0 aliphatic heterocycles. The van der Waals surface area contributed by atoms with Crippen molar-refractivity contribution in [2.75, 3.05) is 19.5 Å². The van der Waals surface area contributed by atoms with Crippen molar-refractivity contribution in [3.05, 3.63) is 0 Å². The number of alkyl halides is 3. The van der Waals surface area contributed by atoms with Gasteiger partial charge in [0, 0.05) is 19.5 Å². The van der Waals surface area contributed by atoms with Gasteiger partial charge in [0.15, 0.2) is 0 Å². The van der Waals surface area contributed by atoms with Crippen LogP contribution in [0.4, 0.5) is 13.2 Å². The van der Waals surface area contributed by atoms with Crippen LogP contribution < -0.4 is 0 Å². The summed E-state index contributed by atoms with van der Waals surface area (Å²) in [6, 6.07) is 0. The van der Waals surface area contributed by atoms with Crippen LogP contribution in [0.3, 0.4) is 0 Å². The lowest BCUT2D eigenvalue weighted by atomic mass is 10.3. The van der Waals surface area contributed by atoms with Gasteiger partial charge in [-0.05, 0) is 12.8 Å². The Hall–Kier alpha value is 0.100. The molecule has 0 radical (unpaired) electrons. The second-order valence-corrected chi connectivity index (χ2v) is 3.51. The fourth-order valence-electron chi connectivity index (χ4n) is 0.713. The van der Waals surface area contributed by atoms with Crippen molar-refractivity contribution < 1.29 is 17.9 Å². The summed E-state index contributed by atoms with van der Waals surface area (Å²) in [5.41, 5.74) is -4.07. The van der Waals surface area contributed by atoms with Gasteiger partial charge in [-0.2, -0.15) is 13.2 Å². The van der Waals surface area contributed by atoms with E-state index in [2.05, 4.69) is 0 Å². The highest BCUT2D eigenvalue weighted by atomic mass is 32.2. The fourth-order valence-corrected chi connectivity index (χ4v) is 1.29. The van der Waals surface area contributed by atoms with E-state index in [1.807, 2.05) is 0 Å². The Morgan fingerprint density at radius 2 is 1.83 bits per heavy atom. The molecule has 0 unspecified atom stereocenters. The minimum absolute atomic E-state index is 0.0508. The molecule has 0 rings (SSSR count). The number of rotatable bonds is 6. The lowest BCUT2D eigenvalue weighted by Gasteiger charge is -2.04. The van der Waals surface area contributed by atoms with E-state index in [1.165, 1.54) is 0 Å². The third kappa shape index (κ3) is 10.1. The minimum Gasteiger partial charge on any atom is -0.385 e. The highest BCUT2D eigenvalue weighted by molar-refractivity contribution is 8.00. The van der Waals surface area contributed by atoms with Crippen LogP contribution in [0.2, 0.25) is 0 Å². The number of halogens is 3. The van der Waals surface area contributed by atoms with Crippen LogP contribution in [-0.4, -0.2) is 25.0 Å². The molecule has 0 bridgehead atoms. The van der Waals surface area contributed by atoms with Crippen LogP contribution in [0.15, 0.2) is 0 Å². The summed E-state index contributed by atoms with van der Waals surface area (Å²) < 4.78 is 39.5. The molecule has 1 nitrogen and oxygen atoms in total. The lowest BCUT2D eigenvalue weighted by molar-refractivity contribution is -0.0328. The summed E-state index contributed by atoms with van der Waals surface area (Å²) >= 11 is 0.0508. The average Bonchev–Trinajstić information content (AvgIpc) is 1.94. The lowest BCUT2D eigenvalue weighted by Crippen LogP contribution is -2.01. The maximum atomic E-state index is 11.6. The van der Waals surface area contributed by atoms with Crippen LogP contribution in [0.25, 0.3) is 0 Å². The van der Waals surface area contributed by atoms with E-state index in [9.17, 15) is 13.2 Å². The van der Waals surface area contributed by atoms with Gasteiger partial charge in [0.2, 0.25) is 0 Å². The summed E-state index contributed by atoms with van der Waals surface area (Å²) in [6.45, 7) is 0.636. The number of hydrogen-bond donors (Lipinski definition) is 0. The first-order valence-corrected chi connectivity index (χ1v) is 4.74. The summed E-state index contributed by atoms with van der Waals surface area (Å²) in [7, 11) is 1.59. The van der Waals surface area contributed by atoms with E-state index in [-0.39, 0.29) is 17.5 Å². The normalized spacial score (nSPS) is 12.0. The molecule has 74 valence electrons. The molecule has 0 aromatic heterocycles. The Labute approximate surface area is 74.7 Å². The highest BCUT2D eigenvalue weighted by Gasteiger charge is 2.27. The van der Waals surface area contributed by atoms with Crippen molar-refractivity contribution in [2.24, 2.45) is 0 Å². The molecule has 12 heavy (non-hydrogen) atoms. The summed E-state index contributed by atoms with van der Waals surface area (Å²) in [4.78, 5) is 0. The number of unbranched alkanes of at least 4 members (excludes halogenated alkanes) is 2. The Morgan fingerprint density at radius 3 is 2.33 bits per heavy atom. The van der Waals surface area contributed by atoms with E-state index in [0.717, 1.165) is 12.8 Å². The molecule has 0 N–H and O–H groups in total. The molecular weight excluding hydrogens is 189 g/mol. The minimum atomic E-state index is -4.07. The molecule has 0 fully saturated rings. The first-order chi connectivity index (χ1) is 5.56. The predicted molar refractivity (Wildman–Crippen MR) is 44.2 cm³/mol. The summed E-state index contributed by atoms with van der Waals surface area (Å²) in [6.07, 6.45) is 2.25. The molecule has 0 heterocycles. The van der Waals surface area contributed by atoms with Gasteiger partial charge >= 0.3 is 5.51 Å². The zero-order chi connectivity index (χ0) is 9.45. The van der Waals surface area contributed by atoms with Crippen LogP contribution >= 0.6 is 11.8 Å². The smallest absolute Gasteiger partial charge is 0.385 e. The molecule has 0 saturated heterocycles. The fraction of sp³-hybridized carbons (Fsp3) is 1.00. The maximum absolute atomic E-state index is 11.6.